The second kappa shape index (κ2) is 26.5. The first-order valence-electron chi connectivity index (χ1n) is 16.0. The highest BCUT2D eigenvalue weighted by atomic mass is 32.2. The number of carbonyl (C=O) groups is 1. The van der Waals surface area contributed by atoms with Crippen LogP contribution in [0.15, 0.2) is 0 Å². The van der Waals surface area contributed by atoms with Crippen molar-refractivity contribution in [3.05, 3.63) is 0 Å². The van der Waals surface area contributed by atoms with Crippen LogP contribution in [0.1, 0.15) is 116 Å². The second-order valence-electron chi connectivity index (χ2n) is 12.4. The van der Waals surface area contributed by atoms with E-state index >= 15 is 0 Å². The van der Waals surface area contributed by atoms with Crippen molar-refractivity contribution in [3.8, 4) is 0 Å². The van der Waals surface area contributed by atoms with E-state index in [0.717, 1.165) is 23.9 Å². The minimum absolute atomic E-state index is 0.0925. The maximum Gasteiger partial charge on any atom is 0.407 e. The molecule has 0 aliphatic carbocycles. The van der Waals surface area contributed by atoms with Crippen molar-refractivity contribution in [1.29, 1.82) is 0 Å². The van der Waals surface area contributed by atoms with Gasteiger partial charge in [0.05, 0.1) is 52.1 Å². The third-order valence-corrected chi connectivity index (χ3v) is 8.44. The molecule has 0 aromatic carbocycles. The number of nitrogens with zero attached hydrogens (tertiary/aromatic N) is 1. The van der Waals surface area contributed by atoms with E-state index in [0.29, 0.717) is 19.3 Å². The maximum absolute atomic E-state index is 12.5. The van der Waals surface area contributed by atoms with Crippen LogP contribution in [0.2, 0.25) is 0 Å². The molecular formula is C30H65N2O8S2+. The highest BCUT2D eigenvalue weighted by molar-refractivity contribution is 7.91. The van der Waals surface area contributed by atoms with Gasteiger partial charge in [-0.3, -0.25) is 4.55 Å². The Bertz CT molecular complexity index is 836. The number of rotatable bonds is 26. The van der Waals surface area contributed by atoms with Gasteiger partial charge in [0.15, 0.2) is 9.84 Å². The van der Waals surface area contributed by atoms with Crippen LogP contribution in [-0.4, -0.2) is 104 Å². The van der Waals surface area contributed by atoms with E-state index in [-0.39, 0.29) is 18.1 Å². The molecule has 42 heavy (non-hydrogen) atoms. The molecule has 0 spiro atoms. The Morgan fingerprint density at radius 3 is 1.55 bits per heavy atom. The summed E-state index contributed by atoms with van der Waals surface area (Å²) in [6.45, 7) is 3.72. The van der Waals surface area contributed by atoms with Crippen molar-refractivity contribution < 1.29 is 40.1 Å². The Hall–Kier alpha value is -0.950. The quantitative estimate of drug-likeness (QED) is 0.0664. The summed E-state index contributed by atoms with van der Waals surface area (Å²) in [6, 6.07) is 0. The fourth-order valence-corrected chi connectivity index (χ4v) is 5.89. The first-order chi connectivity index (χ1) is 19.6. The van der Waals surface area contributed by atoms with Crippen LogP contribution < -0.4 is 5.32 Å². The number of unbranched alkanes of at least 4 members (excludes halogenated alkanes) is 15. The van der Waals surface area contributed by atoms with Crippen LogP contribution >= 0.6 is 0 Å². The number of carbonyl (C=O) groups excluding carboxylic acids is 1. The maximum atomic E-state index is 12.5. The van der Waals surface area contributed by atoms with Crippen molar-refractivity contribution in [2.45, 2.75) is 122 Å². The number of nitrogens with one attached hydrogen (secondary N) is 1. The Morgan fingerprint density at radius 2 is 1.17 bits per heavy atom. The van der Waals surface area contributed by atoms with Crippen LogP contribution in [0, 0.1) is 0 Å². The number of alkyl carbamates (subject to hydrolysis) is 1. The molecule has 10 nitrogen and oxygen atoms in total. The SMILES string of the molecule is CCCCCCCCCCCCCCCCCCOCC(CS(=O)(=O)CCC[N+](C)(C)C)OC(=O)NC.CS(=O)(=O)O. The predicted octanol–water partition coefficient (Wildman–Crippen LogP) is 6.00. The number of hydrogen-bond acceptors (Lipinski definition) is 7. The molecule has 0 rings (SSSR count). The molecule has 0 heterocycles. The molecule has 0 aromatic rings. The molecule has 0 aliphatic heterocycles. The van der Waals surface area contributed by atoms with Gasteiger partial charge in [0.2, 0.25) is 0 Å². The molecule has 0 radical (unpaired) electrons. The summed E-state index contributed by atoms with van der Waals surface area (Å²) in [5, 5.41) is 2.39. The van der Waals surface area contributed by atoms with E-state index in [1.54, 1.807) is 0 Å². The highest BCUT2D eigenvalue weighted by Crippen LogP contribution is 2.14. The molecule has 1 amide bonds. The Labute approximate surface area is 258 Å². The normalized spacial score (nSPS) is 12.8. The van der Waals surface area contributed by atoms with E-state index in [1.165, 1.54) is 96.9 Å². The fraction of sp³-hybridized carbons (Fsp3) is 0.967. The summed E-state index contributed by atoms with van der Waals surface area (Å²) in [5.41, 5.74) is 0. The van der Waals surface area contributed by atoms with Gasteiger partial charge in [-0.15, -0.1) is 0 Å². The van der Waals surface area contributed by atoms with Crippen LogP contribution in [-0.2, 0) is 29.4 Å². The second-order valence-corrected chi connectivity index (χ2v) is 16.1. The van der Waals surface area contributed by atoms with Crippen molar-refractivity contribution in [3.63, 3.8) is 0 Å². The van der Waals surface area contributed by atoms with Crippen LogP contribution in [0.3, 0.4) is 0 Å². The third kappa shape index (κ3) is 39.0. The molecule has 0 bridgehead atoms. The monoisotopic (exact) mass is 645 g/mol. The van der Waals surface area contributed by atoms with E-state index in [4.69, 9.17) is 14.0 Å². The van der Waals surface area contributed by atoms with Gasteiger partial charge in [-0.05, 0) is 6.42 Å². The van der Waals surface area contributed by atoms with Gasteiger partial charge in [0.25, 0.3) is 10.1 Å². The van der Waals surface area contributed by atoms with Gasteiger partial charge in [0, 0.05) is 20.1 Å². The van der Waals surface area contributed by atoms with Gasteiger partial charge in [-0.25, -0.2) is 13.2 Å². The summed E-state index contributed by atoms with van der Waals surface area (Å²) in [4.78, 5) is 11.7. The largest absolute Gasteiger partial charge is 0.443 e. The van der Waals surface area contributed by atoms with Crippen LogP contribution in [0.4, 0.5) is 4.79 Å². The third-order valence-electron chi connectivity index (χ3n) is 6.65. The van der Waals surface area contributed by atoms with Gasteiger partial charge in [-0.1, -0.05) is 103 Å². The zero-order chi connectivity index (χ0) is 32.3. The lowest BCUT2D eigenvalue weighted by Gasteiger charge is -2.24. The Morgan fingerprint density at radius 1 is 0.762 bits per heavy atom. The number of ether oxygens (including phenoxy) is 2. The Kier molecular flexibility index (Phi) is 27.2. The van der Waals surface area contributed by atoms with Gasteiger partial charge in [0.1, 0.15) is 6.10 Å². The molecule has 12 heteroatoms. The predicted molar refractivity (Wildman–Crippen MR) is 173 cm³/mol. The van der Waals surface area contributed by atoms with E-state index in [9.17, 15) is 21.6 Å². The minimum atomic E-state index is -3.67. The number of sulfone groups is 1. The van der Waals surface area contributed by atoms with Crippen molar-refractivity contribution >= 4 is 26.0 Å². The number of hydrogen-bond donors (Lipinski definition) is 2. The molecule has 1 unspecified atom stereocenters. The van der Waals surface area contributed by atoms with Crippen molar-refractivity contribution in [2.75, 3.05) is 65.7 Å². The summed E-state index contributed by atoms with van der Waals surface area (Å²) in [7, 11) is 0.587. The topological polar surface area (TPSA) is 136 Å². The van der Waals surface area contributed by atoms with E-state index in [2.05, 4.69) is 12.2 Å². The van der Waals surface area contributed by atoms with E-state index < -0.39 is 32.2 Å². The highest BCUT2D eigenvalue weighted by Gasteiger charge is 2.23. The molecule has 0 saturated carbocycles. The smallest absolute Gasteiger partial charge is 0.407 e. The molecule has 254 valence electrons. The Balaban J connectivity index is 0. The number of quaternary nitrogens is 1. The molecule has 0 aromatic heterocycles. The molecule has 2 N–H and O–H groups in total. The standard InChI is InChI=1S/C29H60N2O5S.CH4O3S/c1-6-7-8-9-10-11-12-13-14-15-16-17-18-19-20-21-24-35-26-28(36-29(32)30-2)27-37(33,34)25-22-23-31(3,4)5;1-5(2,3)4/h28H,6-27H2,1-5H3;1H3,(H,2,3,4)/p+1. The molecule has 1 atom stereocenters. The molecule has 0 saturated heterocycles. The summed E-state index contributed by atoms with van der Waals surface area (Å²) >= 11 is 0. The molecule has 0 aliphatic rings. The summed E-state index contributed by atoms with van der Waals surface area (Å²) < 4.78 is 62.6. The fourth-order valence-electron chi connectivity index (χ4n) is 4.42. The lowest BCUT2D eigenvalue weighted by atomic mass is 10.0. The van der Waals surface area contributed by atoms with Crippen molar-refractivity contribution in [1.82, 2.24) is 5.32 Å². The van der Waals surface area contributed by atoms with Gasteiger partial charge < -0.3 is 19.3 Å². The average molecular weight is 646 g/mol. The average Bonchev–Trinajstić information content (AvgIpc) is 2.85. The first kappa shape index (κ1) is 43.2. The minimum Gasteiger partial charge on any atom is -0.443 e. The molecule has 0 fully saturated rings. The zero-order valence-electron chi connectivity index (χ0n) is 27.7. The van der Waals surface area contributed by atoms with Gasteiger partial charge in [-0.2, -0.15) is 8.42 Å². The van der Waals surface area contributed by atoms with Gasteiger partial charge >= 0.3 is 6.09 Å². The first-order valence-corrected chi connectivity index (χ1v) is 19.7. The van der Waals surface area contributed by atoms with E-state index in [1.807, 2.05) is 21.1 Å². The summed E-state index contributed by atoms with van der Waals surface area (Å²) in [5.74, 6) is -0.105. The summed E-state index contributed by atoms with van der Waals surface area (Å²) in [6.07, 6.45) is 21.0. The van der Waals surface area contributed by atoms with Crippen LogP contribution in [0.25, 0.3) is 0 Å². The molecular weight excluding hydrogens is 580 g/mol. The zero-order valence-corrected chi connectivity index (χ0v) is 29.3. The van der Waals surface area contributed by atoms with Crippen LogP contribution in [0.5, 0.6) is 0 Å². The number of amides is 1. The van der Waals surface area contributed by atoms with Crippen molar-refractivity contribution in [2.24, 2.45) is 0 Å². The lowest BCUT2D eigenvalue weighted by Crippen LogP contribution is -2.38. The lowest BCUT2D eigenvalue weighted by molar-refractivity contribution is -0.870.